The fourth-order valence-corrected chi connectivity index (χ4v) is 4.16. The van der Waals surface area contributed by atoms with Crippen LogP contribution in [-0.4, -0.2) is 16.7 Å². The van der Waals surface area contributed by atoms with Crippen molar-refractivity contribution in [3.05, 3.63) is 94.5 Å². The Balaban J connectivity index is 1.52. The largest absolute Gasteiger partial charge is 0.298 e. The number of aryl methyl sites for hydroxylation is 2. The van der Waals surface area contributed by atoms with Crippen molar-refractivity contribution in [2.75, 3.05) is 5.32 Å². The number of carbonyl (C=O) groups excluding carboxylic acids is 2. The number of aromatic nitrogens is 1. The van der Waals surface area contributed by atoms with E-state index in [1.165, 1.54) is 16.9 Å². The zero-order valence-corrected chi connectivity index (χ0v) is 16.3. The van der Waals surface area contributed by atoms with Crippen LogP contribution in [0.3, 0.4) is 0 Å². The number of nitrogens with one attached hydrogen (secondary N) is 1. The highest BCUT2D eigenvalue weighted by atomic mass is 32.1. The summed E-state index contributed by atoms with van der Waals surface area (Å²) in [5.74, 6) is -0.309. The van der Waals surface area contributed by atoms with Gasteiger partial charge in [-0.1, -0.05) is 59.9 Å². The van der Waals surface area contributed by atoms with Crippen molar-refractivity contribution in [2.24, 2.45) is 0 Å². The van der Waals surface area contributed by atoms with Gasteiger partial charge in [0, 0.05) is 16.7 Å². The summed E-state index contributed by atoms with van der Waals surface area (Å²) < 4.78 is 1.05. The summed E-state index contributed by atoms with van der Waals surface area (Å²) in [7, 11) is 0. The molecule has 1 heterocycles. The van der Waals surface area contributed by atoms with Gasteiger partial charge in [-0.2, -0.15) is 0 Å². The van der Waals surface area contributed by atoms with Crippen LogP contribution >= 0.6 is 11.3 Å². The lowest BCUT2D eigenvalue weighted by Crippen LogP contribution is -2.12. The van der Waals surface area contributed by atoms with Gasteiger partial charge in [-0.15, -0.1) is 0 Å². The van der Waals surface area contributed by atoms with Gasteiger partial charge in [0.25, 0.3) is 5.91 Å². The molecule has 0 saturated carbocycles. The first-order chi connectivity index (χ1) is 13.5. The number of hydrogen-bond acceptors (Lipinski definition) is 4. The molecule has 4 nitrogen and oxygen atoms in total. The van der Waals surface area contributed by atoms with Crippen LogP contribution in [0.25, 0.3) is 10.2 Å². The number of carbonyl (C=O) groups is 2. The molecule has 0 spiro atoms. The maximum absolute atomic E-state index is 12.6. The summed E-state index contributed by atoms with van der Waals surface area (Å²) >= 11 is 1.46. The van der Waals surface area contributed by atoms with Gasteiger partial charge in [-0.05, 0) is 43.2 Å². The van der Waals surface area contributed by atoms with Crippen molar-refractivity contribution in [3.63, 3.8) is 0 Å². The molecule has 4 rings (SSSR count). The van der Waals surface area contributed by atoms with Gasteiger partial charge in [0.1, 0.15) is 0 Å². The van der Waals surface area contributed by atoms with E-state index in [2.05, 4.69) is 22.4 Å². The molecule has 0 bridgehead atoms. The van der Waals surface area contributed by atoms with Crippen LogP contribution in [0.2, 0.25) is 0 Å². The summed E-state index contributed by atoms with van der Waals surface area (Å²) in [4.78, 5) is 29.6. The second kappa shape index (κ2) is 7.37. The van der Waals surface area contributed by atoms with Crippen LogP contribution in [0.15, 0.2) is 66.7 Å². The number of anilines is 1. The van der Waals surface area contributed by atoms with Gasteiger partial charge in [-0.3, -0.25) is 14.9 Å². The Morgan fingerprint density at radius 1 is 0.857 bits per heavy atom. The Bertz CT molecular complexity index is 1180. The lowest BCUT2D eigenvalue weighted by atomic mass is 10.0. The first-order valence-corrected chi connectivity index (χ1v) is 9.72. The molecule has 0 aliphatic rings. The van der Waals surface area contributed by atoms with E-state index < -0.39 is 0 Å². The third kappa shape index (κ3) is 3.57. The van der Waals surface area contributed by atoms with Gasteiger partial charge in [0.2, 0.25) is 0 Å². The molecule has 138 valence electrons. The van der Waals surface area contributed by atoms with E-state index in [-0.39, 0.29) is 11.7 Å². The van der Waals surface area contributed by atoms with E-state index in [9.17, 15) is 9.59 Å². The Kier molecular flexibility index (Phi) is 4.75. The SMILES string of the molecule is Cc1cc(C)c2nc(NC(=O)c3ccc(C(=O)c4ccccc4)cc3)sc2c1. The van der Waals surface area contributed by atoms with Gasteiger partial charge in [0.05, 0.1) is 10.2 Å². The van der Waals surface area contributed by atoms with E-state index in [1.54, 1.807) is 36.4 Å². The number of thiazole rings is 1. The van der Waals surface area contributed by atoms with Crippen LogP contribution in [0.4, 0.5) is 5.13 Å². The van der Waals surface area contributed by atoms with E-state index in [1.807, 2.05) is 32.0 Å². The molecular formula is C23H18N2O2S. The lowest BCUT2D eigenvalue weighted by Gasteiger charge is -2.04. The minimum atomic E-state index is -0.243. The Morgan fingerprint density at radius 2 is 1.50 bits per heavy atom. The van der Waals surface area contributed by atoms with Gasteiger partial charge < -0.3 is 0 Å². The minimum absolute atomic E-state index is 0.0652. The molecule has 0 fully saturated rings. The van der Waals surface area contributed by atoms with Crippen molar-refractivity contribution < 1.29 is 9.59 Å². The maximum atomic E-state index is 12.6. The molecule has 0 saturated heterocycles. The van der Waals surface area contributed by atoms with E-state index in [0.29, 0.717) is 21.8 Å². The minimum Gasteiger partial charge on any atom is -0.298 e. The molecule has 5 heteroatoms. The highest BCUT2D eigenvalue weighted by Gasteiger charge is 2.13. The number of nitrogens with zero attached hydrogens (tertiary/aromatic N) is 1. The predicted octanol–water partition coefficient (Wildman–Crippen LogP) is 5.40. The Labute approximate surface area is 166 Å². The molecule has 3 aromatic carbocycles. The predicted molar refractivity (Wildman–Crippen MR) is 113 cm³/mol. The summed E-state index contributed by atoms with van der Waals surface area (Å²) in [6, 6.07) is 19.9. The molecule has 1 amide bonds. The third-order valence-corrected chi connectivity index (χ3v) is 5.41. The Morgan fingerprint density at radius 3 is 2.21 bits per heavy atom. The average molecular weight is 386 g/mol. The molecule has 0 aliphatic heterocycles. The molecule has 0 atom stereocenters. The van der Waals surface area contributed by atoms with Crippen molar-refractivity contribution >= 4 is 38.4 Å². The van der Waals surface area contributed by atoms with Gasteiger partial charge in [-0.25, -0.2) is 4.98 Å². The van der Waals surface area contributed by atoms with Crippen LogP contribution in [0.5, 0.6) is 0 Å². The summed E-state index contributed by atoms with van der Waals surface area (Å²) in [6.45, 7) is 4.06. The molecule has 0 radical (unpaired) electrons. The maximum Gasteiger partial charge on any atom is 0.257 e. The smallest absolute Gasteiger partial charge is 0.257 e. The second-order valence-corrected chi connectivity index (χ2v) is 7.70. The number of fused-ring (bicyclic) bond motifs is 1. The number of hydrogen-bond donors (Lipinski definition) is 1. The van der Waals surface area contributed by atoms with Crippen molar-refractivity contribution in [1.82, 2.24) is 4.98 Å². The second-order valence-electron chi connectivity index (χ2n) is 6.67. The quantitative estimate of drug-likeness (QED) is 0.478. The number of amides is 1. The van der Waals surface area contributed by atoms with Gasteiger partial charge in [0.15, 0.2) is 10.9 Å². The van der Waals surface area contributed by atoms with E-state index in [0.717, 1.165) is 15.8 Å². The number of benzene rings is 3. The van der Waals surface area contributed by atoms with E-state index in [4.69, 9.17) is 0 Å². The normalized spacial score (nSPS) is 10.8. The van der Waals surface area contributed by atoms with Crippen molar-refractivity contribution in [1.29, 1.82) is 0 Å². The molecule has 28 heavy (non-hydrogen) atoms. The first kappa shape index (κ1) is 18.1. The Hall–Kier alpha value is -3.31. The van der Waals surface area contributed by atoms with Crippen molar-refractivity contribution in [2.45, 2.75) is 13.8 Å². The standard InChI is InChI=1S/C23H18N2O2S/c1-14-12-15(2)20-19(13-14)28-23(24-20)25-22(27)18-10-8-17(9-11-18)21(26)16-6-4-3-5-7-16/h3-13H,1-2H3,(H,24,25,27). The zero-order valence-electron chi connectivity index (χ0n) is 15.5. The third-order valence-electron chi connectivity index (χ3n) is 4.50. The summed E-state index contributed by atoms with van der Waals surface area (Å²) in [5.41, 5.74) is 4.83. The van der Waals surface area contributed by atoms with Crippen LogP contribution < -0.4 is 5.32 Å². The molecule has 0 aliphatic carbocycles. The van der Waals surface area contributed by atoms with E-state index >= 15 is 0 Å². The van der Waals surface area contributed by atoms with Gasteiger partial charge >= 0.3 is 0 Å². The average Bonchev–Trinajstić information content (AvgIpc) is 3.11. The highest BCUT2D eigenvalue weighted by molar-refractivity contribution is 7.22. The van der Waals surface area contributed by atoms with Crippen LogP contribution in [0.1, 0.15) is 37.4 Å². The fourth-order valence-electron chi connectivity index (χ4n) is 3.12. The number of ketones is 1. The molecular weight excluding hydrogens is 368 g/mol. The molecule has 1 aromatic heterocycles. The lowest BCUT2D eigenvalue weighted by molar-refractivity contribution is 0.102. The monoisotopic (exact) mass is 386 g/mol. The van der Waals surface area contributed by atoms with Crippen LogP contribution in [0, 0.1) is 13.8 Å². The van der Waals surface area contributed by atoms with Crippen LogP contribution in [-0.2, 0) is 0 Å². The first-order valence-electron chi connectivity index (χ1n) is 8.90. The summed E-state index contributed by atoms with van der Waals surface area (Å²) in [6.07, 6.45) is 0. The molecule has 1 N–H and O–H groups in total. The molecule has 0 unspecified atom stereocenters. The molecule has 4 aromatic rings. The zero-order chi connectivity index (χ0) is 19.7. The number of rotatable bonds is 4. The summed E-state index contributed by atoms with van der Waals surface area (Å²) in [5, 5.41) is 3.43. The highest BCUT2D eigenvalue weighted by Crippen LogP contribution is 2.29. The van der Waals surface area contributed by atoms with Crippen molar-refractivity contribution in [3.8, 4) is 0 Å². The fraction of sp³-hybridized carbons (Fsp3) is 0.0870. The topological polar surface area (TPSA) is 59.1 Å².